The molecule has 29 heavy (non-hydrogen) atoms. The predicted molar refractivity (Wildman–Crippen MR) is 124 cm³/mol. The Hall–Kier alpha value is -2.02. The van der Waals surface area contributed by atoms with Crippen molar-refractivity contribution >= 4 is 51.9 Å². The van der Waals surface area contributed by atoms with E-state index in [1.165, 1.54) is 11.8 Å². The van der Waals surface area contributed by atoms with Gasteiger partial charge in [-0.05, 0) is 54.8 Å². The maximum absolute atomic E-state index is 12.6. The molecule has 1 aliphatic heterocycles. The lowest BCUT2D eigenvalue weighted by Gasteiger charge is -2.13. The van der Waals surface area contributed by atoms with Gasteiger partial charge in [0.1, 0.15) is 10.9 Å². The lowest BCUT2D eigenvalue weighted by atomic mass is 10.1. The zero-order valence-electron chi connectivity index (χ0n) is 16.3. The van der Waals surface area contributed by atoms with Crippen LogP contribution in [0, 0.1) is 0 Å². The van der Waals surface area contributed by atoms with Crippen molar-refractivity contribution in [1.82, 2.24) is 4.90 Å². The SMILES string of the molecule is CCCN1C(=O)/C(=C/c2ccc(OCc3ccc(Cl)cc3)c(OCC)c2)SC1=S. The fourth-order valence-electron chi connectivity index (χ4n) is 2.81. The summed E-state index contributed by atoms with van der Waals surface area (Å²) in [6, 6.07) is 13.2. The number of hydrogen-bond donors (Lipinski definition) is 0. The Bertz CT molecular complexity index is 928. The van der Waals surface area contributed by atoms with Gasteiger partial charge in [0.05, 0.1) is 11.5 Å². The number of halogens is 1. The molecule has 1 amide bonds. The molecule has 1 heterocycles. The minimum absolute atomic E-state index is 0.0390. The number of thioether (sulfide) groups is 1. The number of hydrogen-bond acceptors (Lipinski definition) is 5. The molecule has 0 N–H and O–H groups in total. The molecule has 0 spiro atoms. The number of carbonyl (C=O) groups is 1. The van der Waals surface area contributed by atoms with Crippen LogP contribution >= 0.6 is 35.6 Å². The molecule has 0 saturated carbocycles. The van der Waals surface area contributed by atoms with Crippen molar-refractivity contribution < 1.29 is 14.3 Å². The molecule has 152 valence electrons. The zero-order valence-corrected chi connectivity index (χ0v) is 18.7. The molecule has 2 aromatic rings. The van der Waals surface area contributed by atoms with E-state index in [0.29, 0.717) is 45.5 Å². The van der Waals surface area contributed by atoms with E-state index in [1.807, 2.05) is 62.4 Å². The van der Waals surface area contributed by atoms with Crippen LogP contribution in [0.15, 0.2) is 47.4 Å². The van der Waals surface area contributed by atoms with Gasteiger partial charge < -0.3 is 9.47 Å². The van der Waals surface area contributed by atoms with Crippen molar-refractivity contribution in [3.8, 4) is 11.5 Å². The van der Waals surface area contributed by atoms with Gasteiger partial charge in [0.15, 0.2) is 11.5 Å². The van der Waals surface area contributed by atoms with E-state index in [-0.39, 0.29) is 5.91 Å². The molecule has 0 aromatic heterocycles. The van der Waals surface area contributed by atoms with Crippen molar-refractivity contribution in [2.24, 2.45) is 0 Å². The Labute approximate surface area is 185 Å². The van der Waals surface area contributed by atoms with Crippen LogP contribution < -0.4 is 9.47 Å². The Morgan fingerprint density at radius 3 is 2.55 bits per heavy atom. The molecule has 2 aromatic carbocycles. The van der Waals surface area contributed by atoms with Crippen LogP contribution in [0.5, 0.6) is 11.5 Å². The van der Waals surface area contributed by atoms with E-state index in [0.717, 1.165) is 17.5 Å². The van der Waals surface area contributed by atoms with Gasteiger partial charge in [-0.15, -0.1) is 0 Å². The molecule has 0 aliphatic carbocycles. The van der Waals surface area contributed by atoms with E-state index in [1.54, 1.807) is 4.90 Å². The van der Waals surface area contributed by atoms with E-state index < -0.39 is 0 Å². The third kappa shape index (κ3) is 5.53. The molecule has 1 aliphatic rings. The third-order valence-corrected chi connectivity index (χ3v) is 5.82. The smallest absolute Gasteiger partial charge is 0.266 e. The van der Waals surface area contributed by atoms with Crippen LogP contribution in [0.4, 0.5) is 0 Å². The van der Waals surface area contributed by atoms with E-state index >= 15 is 0 Å². The van der Waals surface area contributed by atoms with Gasteiger partial charge in [-0.1, -0.05) is 60.7 Å². The summed E-state index contributed by atoms with van der Waals surface area (Å²) < 4.78 is 12.3. The first-order valence-electron chi connectivity index (χ1n) is 9.41. The second-order valence-corrected chi connectivity index (χ2v) is 8.50. The van der Waals surface area contributed by atoms with E-state index in [9.17, 15) is 4.79 Å². The Balaban J connectivity index is 1.77. The Kier molecular flexibility index (Phi) is 7.58. The number of ether oxygens (including phenoxy) is 2. The number of benzene rings is 2. The summed E-state index contributed by atoms with van der Waals surface area (Å²) in [5.41, 5.74) is 1.88. The zero-order chi connectivity index (χ0) is 20.8. The summed E-state index contributed by atoms with van der Waals surface area (Å²) in [4.78, 5) is 14.8. The highest BCUT2D eigenvalue weighted by Crippen LogP contribution is 2.35. The summed E-state index contributed by atoms with van der Waals surface area (Å²) in [5, 5.41) is 0.692. The van der Waals surface area contributed by atoms with Gasteiger partial charge in [0.2, 0.25) is 0 Å². The lowest BCUT2D eigenvalue weighted by molar-refractivity contribution is -0.122. The first kappa shape index (κ1) is 21.7. The maximum atomic E-state index is 12.6. The van der Waals surface area contributed by atoms with Crippen LogP contribution in [-0.2, 0) is 11.4 Å². The fraction of sp³-hybridized carbons (Fsp3) is 0.273. The fourth-order valence-corrected chi connectivity index (χ4v) is 4.25. The second kappa shape index (κ2) is 10.1. The van der Waals surface area contributed by atoms with Gasteiger partial charge >= 0.3 is 0 Å². The molecule has 7 heteroatoms. The van der Waals surface area contributed by atoms with Crippen LogP contribution in [0.25, 0.3) is 6.08 Å². The summed E-state index contributed by atoms with van der Waals surface area (Å²) in [5.74, 6) is 1.25. The van der Waals surface area contributed by atoms with Crippen LogP contribution in [0.1, 0.15) is 31.4 Å². The minimum Gasteiger partial charge on any atom is -0.490 e. The summed E-state index contributed by atoms with van der Waals surface area (Å²) in [7, 11) is 0. The van der Waals surface area contributed by atoms with Crippen molar-refractivity contribution in [2.75, 3.05) is 13.2 Å². The number of nitrogens with zero attached hydrogens (tertiary/aromatic N) is 1. The maximum Gasteiger partial charge on any atom is 0.266 e. The quantitative estimate of drug-likeness (QED) is 0.370. The van der Waals surface area contributed by atoms with E-state index in [2.05, 4.69) is 0 Å². The van der Waals surface area contributed by atoms with Gasteiger partial charge in [0.25, 0.3) is 5.91 Å². The highest BCUT2D eigenvalue weighted by molar-refractivity contribution is 8.26. The van der Waals surface area contributed by atoms with Gasteiger partial charge in [0, 0.05) is 11.6 Å². The molecule has 0 radical (unpaired) electrons. The summed E-state index contributed by atoms with van der Waals surface area (Å²) >= 11 is 12.6. The molecule has 4 nitrogen and oxygen atoms in total. The van der Waals surface area contributed by atoms with Crippen molar-refractivity contribution in [3.05, 3.63) is 63.5 Å². The molecule has 0 atom stereocenters. The molecule has 0 unspecified atom stereocenters. The van der Waals surface area contributed by atoms with Crippen molar-refractivity contribution in [2.45, 2.75) is 26.9 Å². The Morgan fingerprint density at radius 1 is 1.10 bits per heavy atom. The summed E-state index contributed by atoms with van der Waals surface area (Å²) in [6.07, 6.45) is 2.72. The average molecular weight is 448 g/mol. The second-order valence-electron chi connectivity index (χ2n) is 6.39. The standard InChI is InChI=1S/C22H22ClNO3S2/c1-3-11-24-21(25)20(29-22(24)28)13-16-7-10-18(19(12-16)26-4-2)27-14-15-5-8-17(23)9-6-15/h5-10,12-13H,3-4,11,14H2,1-2H3/b20-13-. The van der Waals surface area contributed by atoms with Gasteiger partial charge in [-0.3, -0.25) is 9.69 Å². The van der Waals surface area contributed by atoms with Gasteiger partial charge in [-0.2, -0.15) is 0 Å². The normalized spacial score (nSPS) is 15.3. The first-order valence-corrected chi connectivity index (χ1v) is 11.0. The molecular weight excluding hydrogens is 426 g/mol. The highest BCUT2D eigenvalue weighted by Gasteiger charge is 2.31. The largest absolute Gasteiger partial charge is 0.490 e. The van der Waals surface area contributed by atoms with Gasteiger partial charge in [-0.25, -0.2) is 0 Å². The third-order valence-electron chi connectivity index (χ3n) is 4.19. The molecule has 0 bridgehead atoms. The van der Waals surface area contributed by atoms with Crippen molar-refractivity contribution in [3.63, 3.8) is 0 Å². The number of thiocarbonyl (C=S) groups is 1. The molecule has 1 fully saturated rings. The Morgan fingerprint density at radius 2 is 1.86 bits per heavy atom. The van der Waals surface area contributed by atoms with E-state index in [4.69, 9.17) is 33.3 Å². The minimum atomic E-state index is -0.0390. The number of carbonyl (C=O) groups excluding carboxylic acids is 1. The highest BCUT2D eigenvalue weighted by atomic mass is 35.5. The number of amides is 1. The van der Waals surface area contributed by atoms with Crippen LogP contribution in [-0.4, -0.2) is 28.3 Å². The van der Waals surface area contributed by atoms with Crippen LogP contribution in [0.2, 0.25) is 5.02 Å². The molecule has 3 rings (SSSR count). The topological polar surface area (TPSA) is 38.8 Å². The molecule has 1 saturated heterocycles. The van der Waals surface area contributed by atoms with Crippen LogP contribution in [0.3, 0.4) is 0 Å². The number of rotatable bonds is 8. The first-order chi connectivity index (χ1) is 14.0. The average Bonchev–Trinajstić information content (AvgIpc) is 2.97. The monoisotopic (exact) mass is 447 g/mol. The summed E-state index contributed by atoms with van der Waals surface area (Å²) in [6.45, 7) is 5.51. The molecular formula is C22H22ClNO3S2. The predicted octanol–water partition coefficient (Wildman–Crippen LogP) is 5.93. The lowest BCUT2D eigenvalue weighted by Crippen LogP contribution is -2.28. The van der Waals surface area contributed by atoms with Crippen molar-refractivity contribution in [1.29, 1.82) is 0 Å².